The number of ether oxygens (including phenoxy) is 1. The second kappa shape index (κ2) is 8.67. The third kappa shape index (κ3) is 5.32. The average Bonchev–Trinajstić information content (AvgIpc) is 2.60. The van der Waals surface area contributed by atoms with Gasteiger partial charge < -0.3 is 4.74 Å². The monoisotopic (exact) mass is 361 g/mol. The highest BCUT2D eigenvalue weighted by molar-refractivity contribution is 7.92. The maximum absolute atomic E-state index is 12.5. The third-order valence-corrected chi connectivity index (χ3v) is 5.08. The van der Waals surface area contributed by atoms with Gasteiger partial charge in [-0.25, -0.2) is 13.2 Å². The van der Waals surface area contributed by atoms with Gasteiger partial charge in [0.25, 0.3) is 10.0 Å². The predicted molar refractivity (Wildman–Crippen MR) is 98.3 cm³/mol. The van der Waals surface area contributed by atoms with Crippen molar-refractivity contribution in [1.29, 1.82) is 0 Å². The van der Waals surface area contributed by atoms with Crippen LogP contribution in [-0.2, 0) is 21.2 Å². The first kappa shape index (κ1) is 19.0. The van der Waals surface area contributed by atoms with Crippen molar-refractivity contribution in [3.05, 3.63) is 59.7 Å². The maximum Gasteiger partial charge on any atom is 0.338 e. The van der Waals surface area contributed by atoms with Crippen LogP contribution in [0.5, 0.6) is 0 Å². The minimum Gasteiger partial charge on any atom is -0.462 e. The molecule has 2 aromatic rings. The van der Waals surface area contributed by atoms with E-state index in [1.807, 2.05) is 12.1 Å². The number of aryl methyl sites for hydroxylation is 1. The van der Waals surface area contributed by atoms with E-state index in [0.717, 1.165) is 24.8 Å². The number of carbonyl (C=O) groups excluding carboxylic acids is 1. The molecule has 0 aromatic heterocycles. The van der Waals surface area contributed by atoms with Crippen LogP contribution in [0.1, 0.15) is 42.6 Å². The largest absolute Gasteiger partial charge is 0.462 e. The van der Waals surface area contributed by atoms with Crippen molar-refractivity contribution in [1.82, 2.24) is 0 Å². The van der Waals surface area contributed by atoms with Gasteiger partial charge in [-0.2, -0.15) is 0 Å². The highest BCUT2D eigenvalue weighted by Crippen LogP contribution is 2.19. The Balaban J connectivity index is 2.15. The minimum absolute atomic E-state index is 0.189. The lowest BCUT2D eigenvalue weighted by Gasteiger charge is -2.10. The summed E-state index contributed by atoms with van der Waals surface area (Å²) >= 11 is 0. The minimum atomic E-state index is -3.71. The summed E-state index contributed by atoms with van der Waals surface area (Å²) in [6.07, 6.45) is 3.11. The summed E-state index contributed by atoms with van der Waals surface area (Å²) in [5.41, 5.74) is 1.74. The van der Waals surface area contributed by atoms with Gasteiger partial charge in [0.1, 0.15) is 0 Å². The van der Waals surface area contributed by atoms with E-state index in [9.17, 15) is 13.2 Å². The number of nitrogens with one attached hydrogen (secondary N) is 1. The Morgan fingerprint density at radius 1 is 1.08 bits per heavy atom. The Labute approximate surface area is 149 Å². The van der Waals surface area contributed by atoms with E-state index < -0.39 is 16.0 Å². The van der Waals surface area contributed by atoms with Crippen LogP contribution < -0.4 is 4.72 Å². The summed E-state index contributed by atoms with van der Waals surface area (Å²) in [6.45, 7) is 4.10. The number of anilines is 1. The molecule has 6 heteroatoms. The van der Waals surface area contributed by atoms with E-state index in [1.54, 1.807) is 37.3 Å². The summed E-state index contributed by atoms with van der Waals surface area (Å²) in [7, 11) is -3.71. The fourth-order valence-corrected chi connectivity index (χ4v) is 3.40. The van der Waals surface area contributed by atoms with Crippen LogP contribution in [0, 0.1) is 0 Å². The summed E-state index contributed by atoms with van der Waals surface area (Å²) in [6, 6.07) is 13.1. The Morgan fingerprint density at radius 2 is 1.80 bits per heavy atom. The first-order valence-electron chi connectivity index (χ1n) is 8.35. The van der Waals surface area contributed by atoms with Gasteiger partial charge in [-0.3, -0.25) is 4.72 Å². The van der Waals surface area contributed by atoms with E-state index in [1.165, 1.54) is 6.07 Å². The first-order valence-corrected chi connectivity index (χ1v) is 9.83. The van der Waals surface area contributed by atoms with Gasteiger partial charge in [0.15, 0.2) is 0 Å². The normalized spacial score (nSPS) is 11.1. The second-order valence-electron chi connectivity index (χ2n) is 5.65. The molecule has 1 N–H and O–H groups in total. The smallest absolute Gasteiger partial charge is 0.338 e. The maximum atomic E-state index is 12.5. The quantitative estimate of drug-likeness (QED) is 0.721. The number of carbonyl (C=O) groups is 1. The molecule has 0 saturated heterocycles. The Bertz CT molecular complexity index is 814. The summed E-state index contributed by atoms with van der Waals surface area (Å²) < 4.78 is 32.4. The summed E-state index contributed by atoms with van der Waals surface area (Å²) in [4.78, 5) is 11.9. The molecule has 0 heterocycles. The van der Waals surface area contributed by atoms with E-state index in [-0.39, 0.29) is 11.5 Å². The van der Waals surface area contributed by atoms with Crippen LogP contribution in [-0.4, -0.2) is 21.0 Å². The second-order valence-corrected chi connectivity index (χ2v) is 7.34. The average molecular weight is 361 g/mol. The lowest BCUT2D eigenvalue weighted by Crippen LogP contribution is -2.13. The molecular weight excluding hydrogens is 338 g/mol. The van der Waals surface area contributed by atoms with Crippen LogP contribution in [0.25, 0.3) is 0 Å². The highest BCUT2D eigenvalue weighted by Gasteiger charge is 2.15. The molecule has 0 saturated carbocycles. The van der Waals surface area contributed by atoms with E-state index in [2.05, 4.69) is 11.6 Å². The Morgan fingerprint density at radius 3 is 2.44 bits per heavy atom. The number of unbranched alkanes of at least 4 members (excludes halogenated alkanes) is 1. The van der Waals surface area contributed by atoms with Gasteiger partial charge in [0.2, 0.25) is 0 Å². The molecule has 0 radical (unpaired) electrons. The lowest BCUT2D eigenvalue weighted by molar-refractivity contribution is 0.0526. The van der Waals surface area contributed by atoms with Crippen molar-refractivity contribution in [2.75, 3.05) is 11.3 Å². The molecule has 0 aliphatic heterocycles. The van der Waals surface area contributed by atoms with Crippen molar-refractivity contribution in [3.63, 3.8) is 0 Å². The third-order valence-electron chi connectivity index (χ3n) is 3.68. The van der Waals surface area contributed by atoms with Crippen molar-refractivity contribution in [3.8, 4) is 0 Å². The molecule has 2 rings (SSSR count). The van der Waals surface area contributed by atoms with Gasteiger partial charge in [0, 0.05) is 5.69 Å². The van der Waals surface area contributed by atoms with Crippen molar-refractivity contribution >= 4 is 21.7 Å². The van der Waals surface area contributed by atoms with Gasteiger partial charge in [0.05, 0.1) is 17.1 Å². The SMILES string of the molecule is CCCCc1ccc(S(=O)(=O)Nc2cccc(C(=O)OCC)c2)cc1. The molecule has 0 unspecified atom stereocenters. The molecule has 0 atom stereocenters. The number of esters is 1. The van der Waals surface area contributed by atoms with Gasteiger partial charge >= 0.3 is 5.97 Å². The zero-order valence-corrected chi connectivity index (χ0v) is 15.3. The Kier molecular flexibility index (Phi) is 6.58. The fraction of sp³-hybridized carbons (Fsp3) is 0.316. The first-order chi connectivity index (χ1) is 12.0. The van der Waals surface area contributed by atoms with Crippen LogP contribution in [0.2, 0.25) is 0 Å². The van der Waals surface area contributed by atoms with Crippen LogP contribution in [0.4, 0.5) is 5.69 Å². The molecule has 5 nitrogen and oxygen atoms in total. The van der Waals surface area contributed by atoms with Gasteiger partial charge in [-0.15, -0.1) is 0 Å². The van der Waals surface area contributed by atoms with Crippen molar-refractivity contribution in [2.45, 2.75) is 38.0 Å². The fourth-order valence-electron chi connectivity index (χ4n) is 2.35. The van der Waals surface area contributed by atoms with Gasteiger partial charge in [-0.05, 0) is 55.7 Å². The number of rotatable bonds is 8. The van der Waals surface area contributed by atoms with Crippen molar-refractivity contribution in [2.24, 2.45) is 0 Å². The number of hydrogen-bond acceptors (Lipinski definition) is 4. The number of sulfonamides is 1. The Hall–Kier alpha value is -2.34. The van der Waals surface area contributed by atoms with E-state index in [4.69, 9.17) is 4.74 Å². The molecule has 0 aliphatic carbocycles. The molecule has 134 valence electrons. The zero-order chi connectivity index (χ0) is 18.3. The van der Waals surface area contributed by atoms with E-state index in [0.29, 0.717) is 11.3 Å². The highest BCUT2D eigenvalue weighted by atomic mass is 32.2. The lowest BCUT2D eigenvalue weighted by atomic mass is 10.1. The molecule has 0 amide bonds. The van der Waals surface area contributed by atoms with Crippen LogP contribution >= 0.6 is 0 Å². The number of hydrogen-bond donors (Lipinski definition) is 1. The van der Waals surface area contributed by atoms with Crippen molar-refractivity contribution < 1.29 is 17.9 Å². The topological polar surface area (TPSA) is 72.5 Å². The summed E-state index contributed by atoms with van der Waals surface area (Å²) in [5, 5.41) is 0. The van der Waals surface area contributed by atoms with E-state index >= 15 is 0 Å². The van der Waals surface area contributed by atoms with Crippen LogP contribution in [0.15, 0.2) is 53.4 Å². The van der Waals surface area contributed by atoms with Crippen LogP contribution in [0.3, 0.4) is 0 Å². The molecule has 0 aliphatic rings. The molecule has 2 aromatic carbocycles. The molecule has 25 heavy (non-hydrogen) atoms. The molecule has 0 bridgehead atoms. The number of benzene rings is 2. The summed E-state index contributed by atoms with van der Waals surface area (Å²) in [5.74, 6) is -0.483. The zero-order valence-electron chi connectivity index (χ0n) is 14.5. The standard InChI is InChI=1S/C19H23NO4S/c1-3-5-7-15-10-12-18(13-11-15)25(22,23)20-17-9-6-8-16(14-17)19(21)24-4-2/h6,8-14,20H,3-5,7H2,1-2H3. The predicted octanol–water partition coefficient (Wildman–Crippen LogP) is 4.01. The molecule has 0 spiro atoms. The van der Waals surface area contributed by atoms with Gasteiger partial charge in [-0.1, -0.05) is 31.5 Å². The molecular formula is C19H23NO4S. The molecule has 0 fully saturated rings.